The lowest BCUT2D eigenvalue weighted by molar-refractivity contribution is 0.340. The van der Waals surface area contributed by atoms with E-state index >= 15 is 0 Å². The molecule has 0 bridgehead atoms. The Morgan fingerprint density at radius 3 is 2.77 bits per heavy atom. The normalized spacial score (nSPS) is 15.4. The van der Waals surface area contributed by atoms with Gasteiger partial charge in [0.2, 0.25) is 5.95 Å². The van der Waals surface area contributed by atoms with Gasteiger partial charge in [-0.05, 0) is 66.6 Å². The van der Waals surface area contributed by atoms with Gasteiger partial charge in [-0.3, -0.25) is 4.57 Å². The number of ether oxygens (including phenoxy) is 1. The first-order chi connectivity index (χ1) is 14.6. The maximum Gasteiger partial charge on any atom is 0.209 e. The number of nitrogens with zero attached hydrogens (tertiary/aromatic N) is 2. The van der Waals surface area contributed by atoms with Crippen LogP contribution in [0.4, 0.5) is 5.95 Å². The molecular weight excluding hydrogens is 462 g/mol. The zero-order valence-corrected chi connectivity index (χ0v) is 18.6. The van der Waals surface area contributed by atoms with Crippen LogP contribution in [0.15, 0.2) is 77.3 Å². The number of hydrogen-bond donors (Lipinski definition) is 1. The first-order valence-corrected chi connectivity index (χ1v) is 10.9. The number of allylic oxidation sites excluding steroid dienone is 1. The van der Waals surface area contributed by atoms with Crippen molar-refractivity contribution in [2.45, 2.75) is 13.0 Å². The molecule has 0 fully saturated rings. The van der Waals surface area contributed by atoms with Crippen molar-refractivity contribution in [3.63, 3.8) is 0 Å². The van der Waals surface area contributed by atoms with E-state index < -0.39 is 0 Å². The van der Waals surface area contributed by atoms with E-state index in [1.165, 1.54) is 5.56 Å². The van der Waals surface area contributed by atoms with Crippen LogP contribution in [0.5, 0.6) is 5.75 Å². The van der Waals surface area contributed by atoms with E-state index in [0.717, 1.165) is 32.7 Å². The molecule has 1 atom stereocenters. The predicted octanol–water partition coefficient (Wildman–Crippen LogP) is 6.91. The summed E-state index contributed by atoms with van der Waals surface area (Å²) >= 11 is 10.1. The van der Waals surface area contributed by atoms with Crippen LogP contribution in [0.3, 0.4) is 0 Å². The molecule has 0 aliphatic carbocycles. The number of fused-ring (bicyclic) bond motifs is 3. The largest absolute Gasteiger partial charge is 0.492 e. The minimum absolute atomic E-state index is 0.00788. The molecule has 0 spiro atoms. The van der Waals surface area contributed by atoms with Gasteiger partial charge in [0.05, 0.1) is 28.7 Å². The Hall–Kier alpha value is -2.76. The summed E-state index contributed by atoms with van der Waals surface area (Å²) in [4.78, 5) is 4.84. The number of nitrogens with one attached hydrogen (secondary N) is 1. The Bertz CT molecular complexity index is 1280. The first kappa shape index (κ1) is 19.2. The molecule has 0 unspecified atom stereocenters. The zero-order chi connectivity index (χ0) is 20.7. The third-order valence-corrected chi connectivity index (χ3v) is 5.97. The maximum absolute atomic E-state index is 6.46. The maximum atomic E-state index is 6.46. The monoisotopic (exact) mass is 479 g/mol. The van der Waals surface area contributed by atoms with Gasteiger partial charge < -0.3 is 10.1 Å². The second-order valence-electron chi connectivity index (χ2n) is 7.08. The number of anilines is 1. The summed E-state index contributed by atoms with van der Waals surface area (Å²) in [5, 5.41) is 4.09. The highest BCUT2D eigenvalue weighted by atomic mass is 79.9. The molecular formula is C24H19BrClN3O. The van der Waals surface area contributed by atoms with Gasteiger partial charge in [0, 0.05) is 10.2 Å². The topological polar surface area (TPSA) is 39.1 Å². The van der Waals surface area contributed by atoms with E-state index in [9.17, 15) is 0 Å². The molecule has 5 rings (SSSR count). The van der Waals surface area contributed by atoms with E-state index in [2.05, 4.69) is 56.2 Å². The standard InChI is InChI=1S/C24H19BrClN3O/c1-2-30-23-11-10-15(13-18(23)26)20-14-22(16-6-5-7-17(25)12-16)29-21-9-4-3-8-19(21)27-24(29)28-20/h3-14,22H,2H2,1H3,(H,27,28)/t22-/m1/s1. The quantitative estimate of drug-likeness (QED) is 0.345. The number of rotatable bonds is 4. The van der Waals surface area contributed by atoms with Gasteiger partial charge >= 0.3 is 0 Å². The average Bonchev–Trinajstić information content (AvgIpc) is 3.13. The van der Waals surface area contributed by atoms with E-state index in [4.69, 9.17) is 21.3 Å². The molecule has 4 aromatic rings. The fraction of sp³-hybridized carbons (Fsp3) is 0.125. The molecule has 1 N–H and O–H groups in total. The molecule has 150 valence electrons. The van der Waals surface area contributed by atoms with Crippen molar-refractivity contribution in [2.75, 3.05) is 11.9 Å². The summed E-state index contributed by atoms with van der Waals surface area (Å²) in [5.74, 6) is 1.50. The van der Waals surface area contributed by atoms with Crippen molar-refractivity contribution in [3.8, 4) is 5.75 Å². The zero-order valence-electron chi connectivity index (χ0n) is 16.3. The Morgan fingerprint density at radius 1 is 1.10 bits per heavy atom. The highest BCUT2D eigenvalue weighted by molar-refractivity contribution is 9.10. The van der Waals surface area contributed by atoms with Crippen molar-refractivity contribution in [1.82, 2.24) is 9.55 Å². The molecule has 0 saturated heterocycles. The van der Waals surface area contributed by atoms with E-state index in [1.807, 2.05) is 49.4 Å². The molecule has 0 saturated carbocycles. The van der Waals surface area contributed by atoms with Crippen LogP contribution in [0.25, 0.3) is 16.7 Å². The van der Waals surface area contributed by atoms with Crippen molar-refractivity contribution in [3.05, 3.63) is 93.4 Å². The third-order valence-electron chi connectivity index (χ3n) is 5.18. The van der Waals surface area contributed by atoms with Crippen LogP contribution < -0.4 is 10.1 Å². The second kappa shape index (κ2) is 7.82. The Kier molecular flexibility index (Phi) is 5.01. The molecule has 0 radical (unpaired) electrons. The van der Waals surface area contributed by atoms with Gasteiger partial charge in [0.1, 0.15) is 5.75 Å². The average molecular weight is 481 g/mol. The Morgan fingerprint density at radius 2 is 1.97 bits per heavy atom. The highest BCUT2D eigenvalue weighted by Crippen LogP contribution is 2.38. The number of para-hydroxylation sites is 2. The molecule has 0 amide bonds. The smallest absolute Gasteiger partial charge is 0.209 e. The number of benzene rings is 3. The second-order valence-corrected chi connectivity index (χ2v) is 8.40. The van der Waals surface area contributed by atoms with Crippen molar-refractivity contribution in [2.24, 2.45) is 0 Å². The molecule has 6 heteroatoms. The molecule has 3 aromatic carbocycles. The third kappa shape index (κ3) is 3.38. The van der Waals surface area contributed by atoms with Crippen molar-refractivity contribution < 1.29 is 4.74 Å². The van der Waals surface area contributed by atoms with Gasteiger partial charge in [0.15, 0.2) is 0 Å². The van der Waals surface area contributed by atoms with Crippen LogP contribution in [-0.4, -0.2) is 16.2 Å². The lowest BCUT2D eigenvalue weighted by Crippen LogP contribution is -2.19. The van der Waals surface area contributed by atoms with Gasteiger partial charge in [-0.2, -0.15) is 0 Å². The minimum Gasteiger partial charge on any atom is -0.492 e. The van der Waals surface area contributed by atoms with Crippen LogP contribution in [0.2, 0.25) is 5.02 Å². The lowest BCUT2D eigenvalue weighted by Gasteiger charge is -2.27. The minimum atomic E-state index is -0.00788. The number of halogens is 2. The predicted molar refractivity (Wildman–Crippen MR) is 126 cm³/mol. The van der Waals surface area contributed by atoms with Gasteiger partial charge in [-0.25, -0.2) is 4.98 Å². The van der Waals surface area contributed by atoms with Crippen molar-refractivity contribution >= 4 is 50.2 Å². The van der Waals surface area contributed by atoms with E-state index in [0.29, 0.717) is 17.4 Å². The molecule has 4 nitrogen and oxygen atoms in total. The Labute approximate surface area is 188 Å². The van der Waals surface area contributed by atoms with Gasteiger partial charge in [-0.1, -0.05) is 51.8 Å². The lowest BCUT2D eigenvalue weighted by atomic mass is 10.0. The summed E-state index contributed by atoms with van der Waals surface area (Å²) in [6.45, 7) is 2.53. The van der Waals surface area contributed by atoms with E-state index in [1.54, 1.807) is 0 Å². The number of hydrogen-bond acceptors (Lipinski definition) is 3. The molecule has 1 aromatic heterocycles. The first-order valence-electron chi connectivity index (χ1n) is 9.78. The molecule has 1 aliphatic rings. The summed E-state index contributed by atoms with van der Waals surface area (Å²) in [7, 11) is 0. The highest BCUT2D eigenvalue weighted by Gasteiger charge is 2.25. The Balaban J connectivity index is 1.66. The summed E-state index contributed by atoms with van der Waals surface area (Å²) in [5.41, 5.74) is 5.17. The SMILES string of the molecule is CCOc1ccc(C2=C[C@H](c3cccc(Br)c3)n3c(nc4ccccc43)N2)cc1Cl. The number of aromatic nitrogens is 2. The molecule has 2 heterocycles. The van der Waals surface area contributed by atoms with Crippen LogP contribution in [0.1, 0.15) is 24.1 Å². The van der Waals surface area contributed by atoms with E-state index in [-0.39, 0.29) is 6.04 Å². The fourth-order valence-electron chi connectivity index (χ4n) is 3.85. The molecule has 30 heavy (non-hydrogen) atoms. The van der Waals surface area contributed by atoms with Crippen LogP contribution in [0, 0.1) is 0 Å². The van der Waals surface area contributed by atoms with Gasteiger partial charge in [-0.15, -0.1) is 0 Å². The summed E-state index contributed by atoms with van der Waals surface area (Å²) in [6.07, 6.45) is 2.22. The van der Waals surface area contributed by atoms with Crippen molar-refractivity contribution in [1.29, 1.82) is 0 Å². The van der Waals surface area contributed by atoms with Gasteiger partial charge in [0.25, 0.3) is 0 Å². The summed E-state index contributed by atoms with van der Waals surface area (Å²) < 4.78 is 8.86. The fourth-order valence-corrected chi connectivity index (χ4v) is 4.51. The summed E-state index contributed by atoms with van der Waals surface area (Å²) in [6, 6.07) is 22.4. The number of imidazole rings is 1. The van der Waals surface area contributed by atoms with Crippen LogP contribution >= 0.6 is 27.5 Å². The van der Waals surface area contributed by atoms with Crippen LogP contribution in [-0.2, 0) is 0 Å². The molecule has 1 aliphatic heterocycles.